The molecule has 0 bridgehead atoms. The van der Waals surface area contributed by atoms with Crippen LogP contribution in [0, 0.1) is 0 Å². The van der Waals surface area contributed by atoms with Gasteiger partial charge in [-0.15, -0.1) is 0 Å². The molecule has 1 unspecified atom stereocenters. The van der Waals surface area contributed by atoms with Crippen LogP contribution in [0.2, 0.25) is 5.02 Å². The number of para-hydroxylation sites is 1. The number of benzene rings is 2. The van der Waals surface area contributed by atoms with E-state index in [1.165, 1.54) is 11.8 Å². The summed E-state index contributed by atoms with van der Waals surface area (Å²) in [6, 6.07) is 15.1. The minimum atomic E-state index is -0.818. The summed E-state index contributed by atoms with van der Waals surface area (Å²) in [4.78, 5) is 39.9. The van der Waals surface area contributed by atoms with Gasteiger partial charge in [-0.2, -0.15) is 0 Å². The molecule has 25 heavy (non-hydrogen) atoms. The van der Waals surface area contributed by atoms with Gasteiger partial charge in [-0.1, -0.05) is 48.0 Å². The van der Waals surface area contributed by atoms with Gasteiger partial charge in [0.25, 0.3) is 5.91 Å². The highest BCUT2D eigenvalue weighted by atomic mass is 35.5. The molecule has 3 amide bonds. The highest BCUT2D eigenvalue weighted by molar-refractivity contribution is 6.31. The van der Waals surface area contributed by atoms with E-state index < -0.39 is 11.9 Å². The molecule has 0 radical (unpaired) electrons. The number of hydrogen-bond donors (Lipinski definition) is 0. The van der Waals surface area contributed by atoms with Gasteiger partial charge in [-0.3, -0.25) is 14.4 Å². The fourth-order valence-electron chi connectivity index (χ4n) is 2.96. The second-order valence-corrected chi connectivity index (χ2v) is 6.27. The molecule has 0 aromatic heterocycles. The summed E-state index contributed by atoms with van der Waals surface area (Å²) in [6.45, 7) is 1.57. The van der Waals surface area contributed by atoms with Gasteiger partial charge in [0, 0.05) is 18.5 Å². The zero-order chi connectivity index (χ0) is 18.0. The van der Waals surface area contributed by atoms with Crippen LogP contribution in [0.25, 0.3) is 0 Å². The lowest BCUT2D eigenvalue weighted by Crippen LogP contribution is -2.44. The maximum Gasteiger partial charge on any atom is 0.257 e. The number of hydrogen-bond acceptors (Lipinski definition) is 3. The largest absolute Gasteiger partial charge is 0.326 e. The van der Waals surface area contributed by atoms with Gasteiger partial charge in [-0.05, 0) is 23.8 Å². The van der Waals surface area contributed by atoms with Crippen LogP contribution in [-0.4, -0.2) is 28.7 Å². The van der Waals surface area contributed by atoms with Gasteiger partial charge in [0.1, 0.15) is 6.04 Å². The molecule has 6 heteroatoms. The van der Waals surface area contributed by atoms with E-state index in [2.05, 4.69) is 0 Å². The van der Waals surface area contributed by atoms with Crippen molar-refractivity contribution >= 4 is 35.0 Å². The highest BCUT2D eigenvalue weighted by Crippen LogP contribution is 2.27. The second kappa shape index (κ2) is 7.07. The molecule has 1 aliphatic heterocycles. The van der Waals surface area contributed by atoms with Gasteiger partial charge in [0.05, 0.1) is 12.1 Å². The first-order valence-corrected chi connectivity index (χ1v) is 8.29. The van der Waals surface area contributed by atoms with Crippen molar-refractivity contribution in [3.8, 4) is 0 Å². The van der Waals surface area contributed by atoms with Crippen LogP contribution < -0.4 is 4.90 Å². The molecule has 0 saturated carbocycles. The average Bonchev–Trinajstić information content (AvgIpc) is 2.89. The summed E-state index contributed by atoms with van der Waals surface area (Å²) in [5.74, 6) is -0.981. The third-order valence-electron chi connectivity index (χ3n) is 4.22. The van der Waals surface area contributed by atoms with E-state index in [0.29, 0.717) is 10.7 Å². The van der Waals surface area contributed by atoms with E-state index in [4.69, 9.17) is 11.6 Å². The number of imide groups is 1. The quantitative estimate of drug-likeness (QED) is 0.791. The minimum absolute atomic E-state index is 0.0300. The van der Waals surface area contributed by atoms with Gasteiger partial charge >= 0.3 is 0 Å². The smallest absolute Gasteiger partial charge is 0.257 e. The Kier molecular flexibility index (Phi) is 4.86. The number of halogens is 1. The molecule has 1 atom stereocenters. The van der Waals surface area contributed by atoms with Crippen molar-refractivity contribution in [3.63, 3.8) is 0 Å². The molecule has 1 aliphatic rings. The Labute approximate surface area is 150 Å². The van der Waals surface area contributed by atoms with Crippen LogP contribution >= 0.6 is 11.6 Å². The number of carbonyl (C=O) groups is 3. The zero-order valence-corrected chi connectivity index (χ0v) is 14.4. The summed E-state index contributed by atoms with van der Waals surface area (Å²) < 4.78 is 0. The molecule has 0 spiro atoms. The Hall–Kier alpha value is -2.66. The molecule has 1 saturated heterocycles. The molecule has 0 N–H and O–H groups in total. The van der Waals surface area contributed by atoms with Crippen molar-refractivity contribution < 1.29 is 14.4 Å². The van der Waals surface area contributed by atoms with Crippen molar-refractivity contribution in [2.24, 2.45) is 0 Å². The molecule has 128 valence electrons. The summed E-state index contributed by atoms with van der Waals surface area (Å²) in [5, 5.41) is 0.519. The number of amides is 3. The Morgan fingerprint density at radius 3 is 2.40 bits per heavy atom. The first kappa shape index (κ1) is 17.2. The van der Waals surface area contributed by atoms with Crippen LogP contribution in [0.1, 0.15) is 18.9 Å². The third kappa shape index (κ3) is 3.42. The lowest BCUT2D eigenvalue weighted by atomic mass is 10.1. The lowest BCUT2D eigenvalue weighted by Gasteiger charge is -2.27. The van der Waals surface area contributed by atoms with Crippen molar-refractivity contribution in [2.75, 3.05) is 4.90 Å². The predicted molar refractivity (Wildman–Crippen MR) is 95.0 cm³/mol. The van der Waals surface area contributed by atoms with Crippen molar-refractivity contribution in [1.82, 2.24) is 4.90 Å². The maximum absolute atomic E-state index is 12.8. The number of anilines is 1. The van der Waals surface area contributed by atoms with E-state index in [1.807, 2.05) is 12.1 Å². The SMILES string of the molecule is CC(=O)N(Cc1ccccc1Cl)C1CC(=O)N(c2ccccc2)C1=O. The van der Waals surface area contributed by atoms with E-state index in [9.17, 15) is 14.4 Å². The molecule has 0 aliphatic carbocycles. The standard InChI is InChI=1S/C19H17ClN2O3/c1-13(23)21(12-14-7-5-6-10-16(14)20)17-11-18(24)22(19(17)25)15-8-3-2-4-9-15/h2-10,17H,11-12H2,1H3. The second-order valence-electron chi connectivity index (χ2n) is 5.86. The number of carbonyl (C=O) groups excluding carboxylic acids is 3. The lowest BCUT2D eigenvalue weighted by molar-refractivity contribution is -0.137. The van der Waals surface area contributed by atoms with Gasteiger partial charge in [-0.25, -0.2) is 4.90 Å². The van der Waals surface area contributed by atoms with Gasteiger partial charge in [0.2, 0.25) is 11.8 Å². The summed E-state index contributed by atoms with van der Waals surface area (Å²) >= 11 is 6.17. The summed E-state index contributed by atoms with van der Waals surface area (Å²) in [6.07, 6.45) is -0.0300. The normalized spacial score (nSPS) is 17.0. The topological polar surface area (TPSA) is 57.7 Å². The molecule has 2 aromatic rings. The molecule has 1 heterocycles. The third-order valence-corrected chi connectivity index (χ3v) is 4.59. The number of nitrogens with zero attached hydrogens (tertiary/aromatic N) is 2. The minimum Gasteiger partial charge on any atom is -0.326 e. The van der Waals surface area contributed by atoms with E-state index in [1.54, 1.807) is 42.5 Å². The molecule has 3 rings (SSSR count). The highest BCUT2D eigenvalue weighted by Gasteiger charge is 2.43. The van der Waals surface area contributed by atoms with Crippen molar-refractivity contribution in [1.29, 1.82) is 0 Å². The zero-order valence-electron chi connectivity index (χ0n) is 13.7. The van der Waals surface area contributed by atoms with E-state index in [-0.39, 0.29) is 24.8 Å². The van der Waals surface area contributed by atoms with Crippen LogP contribution in [0.15, 0.2) is 54.6 Å². The van der Waals surface area contributed by atoms with Gasteiger partial charge in [0.15, 0.2) is 0 Å². The first-order valence-electron chi connectivity index (χ1n) is 7.91. The van der Waals surface area contributed by atoms with Crippen molar-refractivity contribution in [3.05, 3.63) is 65.2 Å². The van der Waals surface area contributed by atoms with Crippen LogP contribution in [0.4, 0.5) is 5.69 Å². The van der Waals surface area contributed by atoms with Gasteiger partial charge < -0.3 is 4.90 Å². The fourth-order valence-corrected chi connectivity index (χ4v) is 3.15. The number of rotatable bonds is 4. The average molecular weight is 357 g/mol. The van der Waals surface area contributed by atoms with Crippen LogP contribution in [0.5, 0.6) is 0 Å². The molecule has 5 nitrogen and oxygen atoms in total. The van der Waals surface area contributed by atoms with E-state index in [0.717, 1.165) is 10.5 Å². The monoisotopic (exact) mass is 356 g/mol. The van der Waals surface area contributed by atoms with Crippen LogP contribution in [0.3, 0.4) is 0 Å². The molecular weight excluding hydrogens is 340 g/mol. The predicted octanol–water partition coefficient (Wildman–Crippen LogP) is 3.02. The summed E-state index contributed by atoms with van der Waals surface area (Å²) in [7, 11) is 0. The Balaban J connectivity index is 1.88. The van der Waals surface area contributed by atoms with Crippen molar-refractivity contribution in [2.45, 2.75) is 25.9 Å². The molecule has 2 aromatic carbocycles. The Morgan fingerprint density at radius 1 is 1.12 bits per heavy atom. The first-order chi connectivity index (χ1) is 12.0. The van der Waals surface area contributed by atoms with Crippen LogP contribution in [-0.2, 0) is 20.9 Å². The fraction of sp³-hybridized carbons (Fsp3) is 0.211. The Bertz CT molecular complexity index is 822. The Morgan fingerprint density at radius 2 is 1.76 bits per heavy atom. The maximum atomic E-state index is 12.8. The summed E-state index contributed by atoms with van der Waals surface area (Å²) in [5.41, 5.74) is 1.25. The van der Waals surface area contributed by atoms with E-state index >= 15 is 0 Å². The molecule has 1 fully saturated rings. The molecular formula is C19H17ClN2O3.